The Balaban J connectivity index is 1.66. The maximum atomic E-state index is 13.1. The van der Waals surface area contributed by atoms with Crippen LogP contribution in [0, 0.1) is 0 Å². The van der Waals surface area contributed by atoms with E-state index in [0.29, 0.717) is 29.3 Å². The number of amides is 1. The van der Waals surface area contributed by atoms with E-state index < -0.39 is 9.84 Å². The second-order valence-corrected chi connectivity index (χ2v) is 9.73. The number of nitrogens with one attached hydrogen (secondary N) is 1. The number of nitrogens with zero attached hydrogens (tertiary/aromatic N) is 2. The molecule has 1 aromatic carbocycles. The summed E-state index contributed by atoms with van der Waals surface area (Å²) in [6.07, 6.45) is 4.15. The van der Waals surface area contributed by atoms with E-state index in [1.54, 1.807) is 30.0 Å². The Bertz CT molecular complexity index is 1040. The number of methoxy groups -OCH3 is 2. The molecule has 1 fully saturated rings. The van der Waals surface area contributed by atoms with Gasteiger partial charge in [-0.25, -0.2) is 8.42 Å². The predicted octanol–water partition coefficient (Wildman–Crippen LogP) is 2.39. The van der Waals surface area contributed by atoms with Gasteiger partial charge in [0, 0.05) is 17.3 Å². The molecule has 2 aliphatic rings. The molecule has 156 valence electrons. The number of anilines is 1. The van der Waals surface area contributed by atoms with Crippen molar-refractivity contribution in [3.8, 4) is 11.5 Å². The highest BCUT2D eigenvalue weighted by Crippen LogP contribution is 2.33. The molecule has 1 aliphatic carbocycles. The van der Waals surface area contributed by atoms with Gasteiger partial charge in [0.25, 0.3) is 5.91 Å². The molecule has 4 rings (SSSR count). The van der Waals surface area contributed by atoms with Gasteiger partial charge >= 0.3 is 0 Å². The minimum atomic E-state index is -3.04. The lowest BCUT2D eigenvalue weighted by atomic mass is 9.95. The summed E-state index contributed by atoms with van der Waals surface area (Å²) >= 11 is 0. The summed E-state index contributed by atoms with van der Waals surface area (Å²) in [4.78, 5) is 13.1. The molecule has 29 heavy (non-hydrogen) atoms. The molecule has 8 nitrogen and oxygen atoms in total. The van der Waals surface area contributed by atoms with Crippen LogP contribution in [0.1, 0.15) is 47.1 Å². The molecule has 0 saturated carbocycles. The molecular weight excluding hydrogens is 394 g/mol. The largest absolute Gasteiger partial charge is 0.497 e. The van der Waals surface area contributed by atoms with Crippen molar-refractivity contribution in [3.05, 3.63) is 35.2 Å². The first kappa shape index (κ1) is 19.8. The van der Waals surface area contributed by atoms with Gasteiger partial charge in [0.15, 0.2) is 15.5 Å². The smallest absolute Gasteiger partial charge is 0.276 e. The van der Waals surface area contributed by atoms with Crippen molar-refractivity contribution >= 4 is 21.4 Å². The number of ether oxygens (including phenoxy) is 2. The molecule has 1 aliphatic heterocycles. The van der Waals surface area contributed by atoms with E-state index in [-0.39, 0.29) is 23.5 Å². The zero-order valence-electron chi connectivity index (χ0n) is 16.6. The summed E-state index contributed by atoms with van der Waals surface area (Å²) in [5.41, 5.74) is 2.85. The maximum Gasteiger partial charge on any atom is 0.276 e. The van der Waals surface area contributed by atoms with E-state index >= 15 is 0 Å². The standard InChI is InChI=1S/C20H25N3O5S/c1-27-14-7-8-16(18(11-14)28-2)21-20(24)19-15-5-3-4-6-17(15)23(22-19)13-9-10-29(25,26)12-13/h7-8,11,13H,3-6,9-10,12H2,1-2H3,(H,21,24)/t13-/m1/s1. The second kappa shape index (κ2) is 7.70. The third-order valence-electron chi connectivity index (χ3n) is 5.64. The molecule has 1 aromatic heterocycles. The maximum absolute atomic E-state index is 13.1. The number of carbonyl (C=O) groups is 1. The Morgan fingerprint density at radius 2 is 2.00 bits per heavy atom. The Labute approximate surface area is 170 Å². The zero-order valence-corrected chi connectivity index (χ0v) is 17.4. The second-order valence-electron chi connectivity index (χ2n) is 7.50. The molecule has 2 heterocycles. The van der Waals surface area contributed by atoms with E-state index in [0.717, 1.165) is 36.9 Å². The molecular formula is C20H25N3O5S. The normalized spacial score (nSPS) is 20.1. The van der Waals surface area contributed by atoms with Crippen LogP contribution in [0.4, 0.5) is 5.69 Å². The Morgan fingerprint density at radius 3 is 2.69 bits per heavy atom. The highest BCUT2D eigenvalue weighted by atomic mass is 32.2. The summed E-state index contributed by atoms with van der Waals surface area (Å²) < 4.78 is 36.2. The Morgan fingerprint density at radius 1 is 1.21 bits per heavy atom. The first-order chi connectivity index (χ1) is 13.9. The van der Waals surface area contributed by atoms with Crippen LogP contribution in [0.25, 0.3) is 0 Å². The van der Waals surface area contributed by atoms with Crippen molar-refractivity contribution in [1.29, 1.82) is 0 Å². The van der Waals surface area contributed by atoms with Gasteiger partial charge in [-0.2, -0.15) is 5.10 Å². The van der Waals surface area contributed by atoms with E-state index in [4.69, 9.17) is 9.47 Å². The SMILES string of the molecule is COc1ccc(NC(=O)c2nn([C@@H]3CCS(=O)(=O)C3)c3c2CCCC3)c(OC)c1. The van der Waals surface area contributed by atoms with Gasteiger partial charge in [-0.15, -0.1) is 0 Å². The molecule has 0 spiro atoms. The van der Waals surface area contributed by atoms with E-state index in [1.807, 2.05) is 0 Å². The summed E-state index contributed by atoms with van der Waals surface area (Å²) in [7, 11) is 0.0589. The van der Waals surface area contributed by atoms with Crippen LogP contribution in [0.3, 0.4) is 0 Å². The fraction of sp³-hybridized carbons (Fsp3) is 0.500. The van der Waals surface area contributed by atoms with Crippen LogP contribution in [-0.4, -0.2) is 49.8 Å². The average Bonchev–Trinajstić information content (AvgIpc) is 3.28. The Kier molecular flexibility index (Phi) is 5.24. The van der Waals surface area contributed by atoms with Crippen molar-refractivity contribution < 1.29 is 22.7 Å². The molecule has 1 N–H and O–H groups in total. The van der Waals surface area contributed by atoms with Crippen LogP contribution in [0.15, 0.2) is 18.2 Å². The lowest BCUT2D eigenvalue weighted by molar-refractivity contribution is 0.102. The van der Waals surface area contributed by atoms with Gasteiger partial charge in [0.05, 0.1) is 37.5 Å². The van der Waals surface area contributed by atoms with Gasteiger partial charge in [0.1, 0.15) is 11.5 Å². The van der Waals surface area contributed by atoms with Crippen molar-refractivity contribution in [1.82, 2.24) is 9.78 Å². The van der Waals surface area contributed by atoms with E-state index in [1.165, 1.54) is 7.11 Å². The van der Waals surface area contributed by atoms with Crippen LogP contribution in [-0.2, 0) is 22.7 Å². The fourth-order valence-electron chi connectivity index (χ4n) is 4.16. The first-order valence-corrected chi connectivity index (χ1v) is 11.6. The van der Waals surface area contributed by atoms with Gasteiger partial charge in [-0.1, -0.05) is 0 Å². The minimum Gasteiger partial charge on any atom is -0.497 e. The molecule has 1 atom stereocenters. The monoisotopic (exact) mass is 419 g/mol. The van der Waals surface area contributed by atoms with Crippen LogP contribution < -0.4 is 14.8 Å². The highest BCUT2D eigenvalue weighted by molar-refractivity contribution is 7.91. The van der Waals surface area contributed by atoms with Crippen molar-refractivity contribution in [3.63, 3.8) is 0 Å². The van der Waals surface area contributed by atoms with Crippen LogP contribution in [0.2, 0.25) is 0 Å². The van der Waals surface area contributed by atoms with Gasteiger partial charge in [-0.05, 0) is 44.2 Å². The number of benzene rings is 1. The molecule has 1 saturated heterocycles. The first-order valence-electron chi connectivity index (χ1n) is 9.76. The molecule has 1 amide bonds. The summed E-state index contributed by atoms with van der Waals surface area (Å²) in [6, 6.07) is 4.98. The summed E-state index contributed by atoms with van der Waals surface area (Å²) in [5.74, 6) is 1.08. The lowest BCUT2D eigenvalue weighted by Gasteiger charge is -2.17. The number of hydrogen-bond acceptors (Lipinski definition) is 6. The number of aromatic nitrogens is 2. The number of fused-ring (bicyclic) bond motifs is 1. The quantitative estimate of drug-likeness (QED) is 0.799. The van der Waals surface area contributed by atoms with Crippen LogP contribution in [0.5, 0.6) is 11.5 Å². The third-order valence-corrected chi connectivity index (χ3v) is 7.39. The van der Waals surface area contributed by atoms with Gasteiger partial charge in [-0.3, -0.25) is 9.48 Å². The fourth-order valence-corrected chi connectivity index (χ4v) is 5.85. The summed E-state index contributed by atoms with van der Waals surface area (Å²) in [6.45, 7) is 0. The number of carbonyl (C=O) groups excluding carboxylic acids is 1. The van der Waals surface area contributed by atoms with E-state index in [2.05, 4.69) is 10.4 Å². The molecule has 9 heteroatoms. The minimum absolute atomic E-state index is 0.0917. The predicted molar refractivity (Wildman–Crippen MR) is 109 cm³/mol. The number of rotatable bonds is 5. The lowest BCUT2D eigenvalue weighted by Crippen LogP contribution is -2.17. The highest BCUT2D eigenvalue weighted by Gasteiger charge is 2.34. The molecule has 0 unspecified atom stereocenters. The van der Waals surface area contributed by atoms with Crippen LogP contribution >= 0.6 is 0 Å². The number of hydrogen-bond donors (Lipinski definition) is 1. The van der Waals surface area contributed by atoms with Gasteiger partial charge in [0.2, 0.25) is 0 Å². The van der Waals surface area contributed by atoms with Crippen molar-refractivity contribution in [2.24, 2.45) is 0 Å². The van der Waals surface area contributed by atoms with Crippen molar-refractivity contribution in [2.45, 2.75) is 38.1 Å². The Hall–Kier alpha value is -2.55. The van der Waals surface area contributed by atoms with Crippen molar-refractivity contribution in [2.75, 3.05) is 31.0 Å². The average molecular weight is 420 g/mol. The number of sulfone groups is 1. The van der Waals surface area contributed by atoms with E-state index in [9.17, 15) is 13.2 Å². The topological polar surface area (TPSA) is 99.5 Å². The van der Waals surface area contributed by atoms with Gasteiger partial charge < -0.3 is 14.8 Å². The molecule has 0 bridgehead atoms. The molecule has 2 aromatic rings. The zero-order chi connectivity index (χ0) is 20.6. The third kappa shape index (κ3) is 3.83. The molecule has 0 radical (unpaired) electrons. The summed E-state index contributed by atoms with van der Waals surface area (Å²) in [5, 5.41) is 7.49.